The van der Waals surface area contributed by atoms with E-state index in [1.807, 2.05) is 24.3 Å². The first-order valence-electron chi connectivity index (χ1n) is 8.18. The van der Waals surface area contributed by atoms with Crippen LogP contribution in [0.4, 0.5) is 0 Å². The van der Waals surface area contributed by atoms with Crippen molar-refractivity contribution in [3.05, 3.63) is 94.0 Å². The van der Waals surface area contributed by atoms with Gasteiger partial charge in [-0.3, -0.25) is 0 Å². The van der Waals surface area contributed by atoms with E-state index in [-0.39, 0.29) is 11.5 Å². The summed E-state index contributed by atoms with van der Waals surface area (Å²) in [5.74, 6) is 0.472. The zero-order valence-electron chi connectivity index (χ0n) is 14.1. The lowest BCUT2D eigenvalue weighted by atomic mass is 9.91. The Balaban J connectivity index is 2.04. The van der Waals surface area contributed by atoms with Crippen molar-refractivity contribution < 1.29 is 10.2 Å². The average molecular weight is 318 g/mol. The standard InChI is InChI=1S/C22H22O2/c1-15-7-3-5-9-17(15)13-19-20(22(24)12-11-21(19)23)14-18-10-6-4-8-16(18)2/h3-12,23-24H,13-14H2,1-2H3. The molecule has 2 heteroatoms. The van der Waals surface area contributed by atoms with Crippen molar-refractivity contribution in [2.75, 3.05) is 0 Å². The summed E-state index contributed by atoms with van der Waals surface area (Å²) in [6.07, 6.45) is 1.21. The average Bonchev–Trinajstić information content (AvgIpc) is 2.57. The van der Waals surface area contributed by atoms with Crippen molar-refractivity contribution in [1.29, 1.82) is 0 Å². The van der Waals surface area contributed by atoms with Gasteiger partial charge in [-0.25, -0.2) is 0 Å². The van der Waals surface area contributed by atoms with Crippen LogP contribution in [0.5, 0.6) is 11.5 Å². The number of hydrogen-bond donors (Lipinski definition) is 2. The van der Waals surface area contributed by atoms with Gasteiger partial charge in [0.2, 0.25) is 0 Å². The molecule has 0 amide bonds. The Bertz CT molecular complexity index is 793. The molecule has 2 nitrogen and oxygen atoms in total. The molecule has 0 aliphatic heterocycles. The molecule has 0 unspecified atom stereocenters. The molecular weight excluding hydrogens is 296 g/mol. The van der Waals surface area contributed by atoms with Gasteiger partial charge >= 0.3 is 0 Å². The van der Waals surface area contributed by atoms with Crippen LogP contribution in [0.2, 0.25) is 0 Å². The summed E-state index contributed by atoms with van der Waals surface area (Å²) in [5.41, 5.74) is 6.28. The van der Waals surface area contributed by atoms with E-state index in [0.717, 1.165) is 22.3 Å². The molecule has 0 saturated carbocycles. The molecule has 3 aromatic rings. The van der Waals surface area contributed by atoms with Gasteiger partial charge in [0, 0.05) is 24.0 Å². The number of aromatic hydroxyl groups is 2. The molecule has 122 valence electrons. The van der Waals surface area contributed by atoms with Gasteiger partial charge in [-0.15, -0.1) is 0 Å². The fourth-order valence-corrected chi connectivity index (χ4v) is 3.06. The van der Waals surface area contributed by atoms with Gasteiger partial charge in [0.25, 0.3) is 0 Å². The summed E-state index contributed by atoms with van der Waals surface area (Å²) >= 11 is 0. The fourth-order valence-electron chi connectivity index (χ4n) is 3.06. The van der Waals surface area contributed by atoms with Crippen LogP contribution in [-0.4, -0.2) is 10.2 Å². The smallest absolute Gasteiger partial charge is 0.119 e. The van der Waals surface area contributed by atoms with Gasteiger partial charge in [-0.2, -0.15) is 0 Å². The van der Waals surface area contributed by atoms with Gasteiger partial charge in [0.05, 0.1) is 0 Å². The lowest BCUT2D eigenvalue weighted by Crippen LogP contribution is -2.01. The van der Waals surface area contributed by atoms with Crippen molar-refractivity contribution >= 4 is 0 Å². The largest absolute Gasteiger partial charge is 0.508 e. The van der Waals surface area contributed by atoms with Crippen LogP contribution < -0.4 is 0 Å². The lowest BCUT2D eigenvalue weighted by molar-refractivity contribution is 0.450. The molecule has 0 atom stereocenters. The van der Waals surface area contributed by atoms with Crippen LogP contribution in [0.25, 0.3) is 0 Å². The van der Waals surface area contributed by atoms with Crippen LogP contribution in [0, 0.1) is 13.8 Å². The summed E-state index contributed by atoms with van der Waals surface area (Å²) in [7, 11) is 0. The minimum absolute atomic E-state index is 0.236. The minimum Gasteiger partial charge on any atom is -0.508 e. The molecule has 24 heavy (non-hydrogen) atoms. The van der Waals surface area contributed by atoms with E-state index < -0.39 is 0 Å². The Morgan fingerprint density at radius 2 is 0.958 bits per heavy atom. The summed E-state index contributed by atoms with van der Waals surface area (Å²) in [6.45, 7) is 4.13. The maximum absolute atomic E-state index is 10.4. The Labute approximate surface area is 143 Å². The van der Waals surface area contributed by atoms with Crippen LogP contribution in [0.3, 0.4) is 0 Å². The molecule has 0 spiro atoms. The van der Waals surface area contributed by atoms with E-state index in [1.54, 1.807) is 12.1 Å². The summed E-state index contributed by atoms with van der Waals surface area (Å²) in [4.78, 5) is 0. The molecule has 2 N–H and O–H groups in total. The van der Waals surface area contributed by atoms with Crippen LogP contribution in [0.1, 0.15) is 33.4 Å². The summed E-state index contributed by atoms with van der Waals surface area (Å²) in [5, 5.41) is 20.8. The van der Waals surface area contributed by atoms with Crippen molar-refractivity contribution in [1.82, 2.24) is 0 Å². The highest BCUT2D eigenvalue weighted by Gasteiger charge is 2.15. The molecule has 0 heterocycles. The van der Waals surface area contributed by atoms with E-state index in [4.69, 9.17) is 0 Å². The van der Waals surface area contributed by atoms with Crippen molar-refractivity contribution in [3.63, 3.8) is 0 Å². The summed E-state index contributed by atoms with van der Waals surface area (Å²) < 4.78 is 0. The van der Waals surface area contributed by atoms with Crippen LogP contribution in [0.15, 0.2) is 60.7 Å². The number of aryl methyl sites for hydroxylation is 2. The Morgan fingerprint density at radius 3 is 1.33 bits per heavy atom. The predicted octanol–water partition coefficient (Wildman–Crippen LogP) is 4.90. The van der Waals surface area contributed by atoms with Gasteiger partial charge in [0.1, 0.15) is 11.5 Å². The van der Waals surface area contributed by atoms with E-state index in [9.17, 15) is 10.2 Å². The van der Waals surface area contributed by atoms with Gasteiger partial charge in [0.15, 0.2) is 0 Å². The van der Waals surface area contributed by atoms with E-state index in [2.05, 4.69) is 38.1 Å². The number of benzene rings is 3. The van der Waals surface area contributed by atoms with E-state index in [1.165, 1.54) is 11.1 Å². The first-order valence-corrected chi connectivity index (χ1v) is 8.18. The zero-order valence-corrected chi connectivity index (χ0v) is 14.1. The quantitative estimate of drug-likeness (QED) is 0.672. The minimum atomic E-state index is 0.236. The molecule has 0 aliphatic carbocycles. The zero-order chi connectivity index (χ0) is 17.1. The molecule has 0 radical (unpaired) electrons. The number of rotatable bonds is 4. The highest BCUT2D eigenvalue weighted by Crippen LogP contribution is 2.33. The topological polar surface area (TPSA) is 40.5 Å². The van der Waals surface area contributed by atoms with Gasteiger partial charge < -0.3 is 10.2 Å². The molecule has 0 aromatic heterocycles. The predicted molar refractivity (Wildman–Crippen MR) is 97.7 cm³/mol. The molecule has 3 rings (SSSR count). The van der Waals surface area contributed by atoms with E-state index >= 15 is 0 Å². The highest BCUT2D eigenvalue weighted by molar-refractivity contribution is 5.52. The van der Waals surface area contributed by atoms with E-state index in [0.29, 0.717) is 12.8 Å². The number of phenolic OH excluding ortho intramolecular Hbond substituents is 2. The second kappa shape index (κ2) is 6.79. The Morgan fingerprint density at radius 1 is 0.583 bits per heavy atom. The normalized spacial score (nSPS) is 10.8. The van der Waals surface area contributed by atoms with Crippen LogP contribution in [-0.2, 0) is 12.8 Å². The number of phenols is 2. The second-order valence-corrected chi connectivity index (χ2v) is 6.27. The van der Waals surface area contributed by atoms with Crippen molar-refractivity contribution in [3.8, 4) is 11.5 Å². The lowest BCUT2D eigenvalue weighted by Gasteiger charge is -2.16. The highest BCUT2D eigenvalue weighted by atomic mass is 16.3. The van der Waals surface area contributed by atoms with Crippen molar-refractivity contribution in [2.45, 2.75) is 26.7 Å². The Kier molecular flexibility index (Phi) is 4.57. The third-order valence-electron chi connectivity index (χ3n) is 4.64. The second-order valence-electron chi connectivity index (χ2n) is 6.27. The molecule has 0 bridgehead atoms. The van der Waals surface area contributed by atoms with Crippen molar-refractivity contribution in [2.24, 2.45) is 0 Å². The third-order valence-corrected chi connectivity index (χ3v) is 4.64. The third kappa shape index (κ3) is 3.28. The molecule has 0 aliphatic rings. The maximum Gasteiger partial charge on any atom is 0.119 e. The first-order chi connectivity index (χ1) is 11.6. The number of hydrogen-bond acceptors (Lipinski definition) is 2. The maximum atomic E-state index is 10.4. The molecule has 3 aromatic carbocycles. The SMILES string of the molecule is Cc1ccccc1Cc1c(O)ccc(O)c1Cc1ccccc1C. The molecular formula is C22H22O2. The van der Waals surface area contributed by atoms with Crippen LogP contribution >= 0.6 is 0 Å². The monoisotopic (exact) mass is 318 g/mol. The molecule has 0 fully saturated rings. The Hall–Kier alpha value is -2.74. The van der Waals surface area contributed by atoms with Gasteiger partial charge in [-0.1, -0.05) is 48.5 Å². The first kappa shape index (κ1) is 16.1. The van der Waals surface area contributed by atoms with Gasteiger partial charge in [-0.05, 0) is 48.2 Å². The fraction of sp³-hybridized carbons (Fsp3) is 0.182. The molecule has 0 saturated heterocycles. The summed E-state index contributed by atoms with van der Waals surface area (Å²) in [6, 6.07) is 19.4.